The van der Waals surface area contributed by atoms with E-state index in [0.29, 0.717) is 5.13 Å². The number of thiazole rings is 1. The Kier molecular flexibility index (Phi) is 5.10. The van der Waals surface area contributed by atoms with E-state index < -0.39 is 0 Å². The number of hydrogen-bond acceptors (Lipinski definition) is 5. The zero-order chi connectivity index (χ0) is 16.3. The minimum Gasteiger partial charge on any atom is -0.340 e. The maximum atomic E-state index is 12.1. The summed E-state index contributed by atoms with van der Waals surface area (Å²) in [5.41, 5.74) is 2.43. The third-order valence-electron chi connectivity index (χ3n) is 3.13. The van der Waals surface area contributed by atoms with Gasteiger partial charge in [-0.1, -0.05) is 0 Å². The predicted octanol–water partition coefficient (Wildman–Crippen LogP) is 1.62. The van der Waals surface area contributed by atoms with Gasteiger partial charge in [0.2, 0.25) is 5.91 Å². The highest BCUT2D eigenvalue weighted by Crippen LogP contribution is 2.16. The molecule has 2 rings (SSSR count). The molecule has 0 aliphatic carbocycles. The topological polar surface area (TPSA) is 67.2 Å². The van der Waals surface area contributed by atoms with E-state index >= 15 is 0 Å². The summed E-state index contributed by atoms with van der Waals surface area (Å²) < 4.78 is 1.81. The molecule has 2 heterocycles. The Hall–Kier alpha value is -1.99. The molecule has 0 saturated heterocycles. The SMILES string of the molecule is Cc1cc(=O)cc(C)n1CC(=O)Nc1nc(CN(C)C)cs1. The van der Waals surface area contributed by atoms with Crippen molar-refractivity contribution in [3.63, 3.8) is 0 Å². The van der Waals surface area contributed by atoms with E-state index in [-0.39, 0.29) is 17.9 Å². The molecule has 0 spiro atoms. The van der Waals surface area contributed by atoms with Crippen molar-refractivity contribution < 1.29 is 4.79 Å². The van der Waals surface area contributed by atoms with Crippen molar-refractivity contribution in [1.29, 1.82) is 0 Å². The molecule has 0 saturated carbocycles. The summed E-state index contributed by atoms with van der Waals surface area (Å²) in [6.07, 6.45) is 0. The van der Waals surface area contributed by atoms with E-state index in [4.69, 9.17) is 0 Å². The van der Waals surface area contributed by atoms with Crippen LogP contribution in [0.2, 0.25) is 0 Å². The monoisotopic (exact) mass is 320 g/mol. The van der Waals surface area contributed by atoms with E-state index in [1.165, 1.54) is 23.5 Å². The van der Waals surface area contributed by atoms with Gasteiger partial charge in [-0.25, -0.2) is 4.98 Å². The number of aryl methyl sites for hydroxylation is 2. The van der Waals surface area contributed by atoms with E-state index in [2.05, 4.69) is 10.3 Å². The van der Waals surface area contributed by atoms with Gasteiger partial charge in [0.05, 0.1) is 5.69 Å². The molecule has 0 fully saturated rings. The van der Waals surface area contributed by atoms with Gasteiger partial charge in [-0.2, -0.15) is 0 Å². The second kappa shape index (κ2) is 6.85. The first kappa shape index (κ1) is 16.4. The van der Waals surface area contributed by atoms with Gasteiger partial charge in [-0.05, 0) is 27.9 Å². The molecule has 7 heteroatoms. The predicted molar refractivity (Wildman–Crippen MR) is 88.3 cm³/mol. The highest BCUT2D eigenvalue weighted by atomic mass is 32.1. The standard InChI is InChI=1S/C15H20N4O2S/c1-10-5-13(20)6-11(2)19(10)8-14(21)17-15-16-12(9-22-15)7-18(3)4/h5-6,9H,7-8H2,1-4H3,(H,16,17,21). The number of pyridine rings is 1. The number of amides is 1. The van der Waals surface area contributed by atoms with Crippen LogP contribution in [0.1, 0.15) is 17.1 Å². The number of anilines is 1. The average Bonchev–Trinajstić information content (AvgIpc) is 2.80. The molecular weight excluding hydrogens is 300 g/mol. The number of rotatable bonds is 5. The number of aromatic nitrogens is 2. The maximum Gasteiger partial charge on any atom is 0.246 e. The smallest absolute Gasteiger partial charge is 0.246 e. The summed E-state index contributed by atoms with van der Waals surface area (Å²) in [4.78, 5) is 30.0. The Morgan fingerprint density at radius 2 is 1.95 bits per heavy atom. The van der Waals surface area contributed by atoms with Crippen LogP contribution in [0.3, 0.4) is 0 Å². The molecular formula is C15H20N4O2S. The van der Waals surface area contributed by atoms with Crippen LogP contribution in [0.4, 0.5) is 5.13 Å². The highest BCUT2D eigenvalue weighted by Gasteiger charge is 2.10. The molecule has 0 aromatic carbocycles. The Morgan fingerprint density at radius 1 is 1.32 bits per heavy atom. The lowest BCUT2D eigenvalue weighted by atomic mass is 10.3. The van der Waals surface area contributed by atoms with Gasteiger partial charge in [0, 0.05) is 35.4 Å². The minimum absolute atomic E-state index is 0.0418. The lowest BCUT2D eigenvalue weighted by Crippen LogP contribution is -2.23. The van der Waals surface area contributed by atoms with Gasteiger partial charge in [-0.15, -0.1) is 11.3 Å². The highest BCUT2D eigenvalue weighted by molar-refractivity contribution is 7.13. The fourth-order valence-corrected chi connectivity index (χ4v) is 2.92. The molecule has 0 bridgehead atoms. The second-order valence-corrected chi connectivity index (χ2v) is 6.35. The summed E-state index contributed by atoms with van der Waals surface area (Å²) >= 11 is 1.41. The van der Waals surface area contributed by atoms with Gasteiger partial charge in [0.1, 0.15) is 6.54 Å². The Morgan fingerprint density at radius 3 is 2.55 bits per heavy atom. The number of nitrogens with zero attached hydrogens (tertiary/aromatic N) is 3. The van der Waals surface area contributed by atoms with Crippen molar-refractivity contribution in [2.75, 3.05) is 19.4 Å². The first-order valence-electron chi connectivity index (χ1n) is 6.92. The third kappa shape index (κ3) is 4.25. The fourth-order valence-electron chi connectivity index (χ4n) is 2.20. The van der Waals surface area contributed by atoms with Crippen LogP contribution >= 0.6 is 11.3 Å². The molecule has 6 nitrogen and oxygen atoms in total. The van der Waals surface area contributed by atoms with Gasteiger partial charge in [0.25, 0.3) is 0 Å². The fraction of sp³-hybridized carbons (Fsp3) is 0.400. The lowest BCUT2D eigenvalue weighted by Gasteiger charge is -2.13. The number of hydrogen-bond donors (Lipinski definition) is 1. The molecule has 1 amide bonds. The van der Waals surface area contributed by atoms with E-state index in [1.54, 1.807) is 0 Å². The number of nitrogens with one attached hydrogen (secondary N) is 1. The zero-order valence-electron chi connectivity index (χ0n) is 13.2. The van der Waals surface area contributed by atoms with Crippen molar-refractivity contribution in [3.8, 4) is 0 Å². The molecule has 118 valence electrons. The van der Waals surface area contributed by atoms with Gasteiger partial charge in [0.15, 0.2) is 10.6 Å². The first-order chi connectivity index (χ1) is 10.3. The van der Waals surface area contributed by atoms with Gasteiger partial charge < -0.3 is 14.8 Å². The number of carbonyl (C=O) groups excluding carboxylic acids is 1. The molecule has 22 heavy (non-hydrogen) atoms. The molecule has 2 aromatic rings. The molecule has 0 aliphatic rings. The Balaban J connectivity index is 2.04. The van der Waals surface area contributed by atoms with Crippen molar-refractivity contribution in [2.24, 2.45) is 0 Å². The van der Waals surface area contributed by atoms with Gasteiger partial charge in [-0.3, -0.25) is 9.59 Å². The van der Waals surface area contributed by atoms with Crippen LogP contribution in [0.5, 0.6) is 0 Å². The first-order valence-corrected chi connectivity index (χ1v) is 7.80. The molecule has 0 radical (unpaired) electrons. The molecule has 0 unspecified atom stereocenters. The molecule has 0 aliphatic heterocycles. The van der Waals surface area contributed by atoms with Crippen molar-refractivity contribution >= 4 is 22.4 Å². The summed E-state index contributed by atoms with van der Waals surface area (Å²) in [6, 6.07) is 3.05. The summed E-state index contributed by atoms with van der Waals surface area (Å²) in [6.45, 7) is 4.55. The van der Waals surface area contributed by atoms with Crippen molar-refractivity contribution in [3.05, 3.63) is 44.8 Å². The Labute approximate surface area is 133 Å². The van der Waals surface area contributed by atoms with Gasteiger partial charge >= 0.3 is 0 Å². The van der Waals surface area contributed by atoms with E-state index in [9.17, 15) is 9.59 Å². The Bertz CT molecular complexity index is 707. The van der Waals surface area contributed by atoms with Crippen LogP contribution < -0.4 is 10.7 Å². The van der Waals surface area contributed by atoms with Crippen LogP contribution in [-0.4, -0.2) is 34.5 Å². The second-order valence-electron chi connectivity index (χ2n) is 5.49. The lowest BCUT2D eigenvalue weighted by molar-refractivity contribution is -0.116. The van der Waals surface area contributed by atoms with E-state index in [1.807, 2.05) is 42.8 Å². The average molecular weight is 320 g/mol. The summed E-state index contributed by atoms with van der Waals surface area (Å²) in [5.74, 6) is -0.152. The summed E-state index contributed by atoms with van der Waals surface area (Å²) in [5, 5.41) is 5.34. The summed E-state index contributed by atoms with van der Waals surface area (Å²) in [7, 11) is 3.94. The molecule has 1 N–H and O–H groups in total. The maximum absolute atomic E-state index is 12.1. The quantitative estimate of drug-likeness (QED) is 0.909. The normalized spacial score (nSPS) is 11.0. The van der Waals surface area contributed by atoms with Crippen molar-refractivity contribution in [1.82, 2.24) is 14.5 Å². The van der Waals surface area contributed by atoms with E-state index in [0.717, 1.165) is 23.6 Å². The van der Waals surface area contributed by atoms with Crippen LogP contribution in [0.25, 0.3) is 0 Å². The van der Waals surface area contributed by atoms with Crippen LogP contribution in [-0.2, 0) is 17.9 Å². The third-order valence-corrected chi connectivity index (χ3v) is 3.94. The molecule has 2 aromatic heterocycles. The van der Waals surface area contributed by atoms with Crippen molar-refractivity contribution in [2.45, 2.75) is 26.9 Å². The number of carbonyl (C=O) groups is 1. The van der Waals surface area contributed by atoms with Crippen LogP contribution in [0, 0.1) is 13.8 Å². The zero-order valence-corrected chi connectivity index (χ0v) is 14.0. The minimum atomic E-state index is -0.152. The largest absolute Gasteiger partial charge is 0.340 e. The molecule has 0 atom stereocenters. The van der Waals surface area contributed by atoms with Crippen LogP contribution in [0.15, 0.2) is 22.3 Å².